The number of ether oxygens (including phenoxy) is 4. The topological polar surface area (TPSA) is 127 Å². The number of carbonyl (C=O) groups is 2. The Balaban J connectivity index is 1.20. The van der Waals surface area contributed by atoms with Gasteiger partial charge in [-0.15, -0.1) is 0 Å². The highest BCUT2D eigenvalue weighted by atomic mass is 19.1. The van der Waals surface area contributed by atoms with Crippen molar-refractivity contribution in [3.05, 3.63) is 144 Å². The average molecular weight is 674 g/mol. The summed E-state index contributed by atoms with van der Waals surface area (Å²) in [6.45, 7) is -0.289. The number of alkyl halides is 1. The van der Waals surface area contributed by atoms with Crippen LogP contribution in [0.5, 0.6) is 11.5 Å². The summed E-state index contributed by atoms with van der Waals surface area (Å²) in [5.41, 5.74) is 1.84. The summed E-state index contributed by atoms with van der Waals surface area (Å²) >= 11 is 0. The van der Waals surface area contributed by atoms with Gasteiger partial charge in [0, 0.05) is 5.56 Å². The van der Waals surface area contributed by atoms with Crippen LogP contribution in [0.25, 0.3) is 11.2 Å². The lowest BCUT2D eigenvalue weighted by Gasteiger charge is -2.36. The first-order chi connectivity index (χ1) is 24.4. The minimum atomic E-state index is -2.05. The van der Waals surface area contributed by atoms with E-state index in [4.69, 9.17) is 18.9 Å². The van der Waals surface area contributed by atoms with Gasteiger partial charge in [-0.25, -0.2) is 19.3 Å². The Bertz CT molecular complexity index is 2060. The Hall–Kier alpha value is -5.98. The highest BCUT2D eigenvalue weighted by Gasteiger charge is 2.48. The minimum absolute atomic E-state index is 0.133. The van der Waals surface area contributed by atoms with Gasteiger partial charge >= 0.3 is 0 Å². The van der Waals surface area contributed by atoms with Gasteiger partial charge in [-0.05, 0) is 53.1 Å². The number of nitrogens with zero attached hydrogens (tertiary/aromatic N) is 4. The zero-order valence-corrected chi connectivity index (χ0v) is 27.1. The zero-order chi connectivity index (χ0) is 34.7. The number of fused-ring (bicyclic) bond motifs is 1. The molecule has 0 spiro atoms. The molecular formula is C38H32FN5O6. The normalized spacial score (nSPS) is 17.5. The second-order valence-electron chi connectivity index (χ2n) is 11.5. The predicted octanol–water partition coefficient (Wildman–Crippen LogP) is 5.91. The maximum atomic E-state index is 15.9. The van der Waals surface area contributed by atoms with Gasteiger partial charge in [-0.1, -0.05) is 72.8 Å². The highest BCUT2D eigenvalue weighted by Crippen LogP contribution is 2.43. The van der Waals surface area contributed by atoms with Gasteiger partial charge in [0.2, 0.25) is 12.0 Å². The molecule has 11 nitrogen and oxygen atoms in total. The third-order valence-electron chi connectivity index (χ3n) is 8.67. The number of anilines is 1. The molecule has 4 aromatic carbocycles. The fourth-order valence-electron chi connectivity index (χ4n) is 6.12. The lowest BCUT2D eigenvalue weighted by molar-refractivity contribution is -0.130. The van der Waals surface area contributed by atoms with Crippen LogP contribution in [-0.4, -0.2) is 64.3 Å². The van der Waals surface area contributed by atoms with Crippen LogP contribution in [-0.2, 0) is 19.9 Å². The van der Waals surface area contributed by atoms with Crippen LogP contribution in [0.2, 0.25) is 0 Å². The molecule has 3 atom stereocenters. The Morgan fingerprint density at radius 1 is 0.820 bits per heavy atom. The maximum absolute atomic E-state index is 15.9. The fraction of sp³-hybridized carbons (Fsp3) is 0.184. The molecule has 1 aliphatic rings. The molecule has 0 saturated carbocycles. The van der Waals surface area contributed by atoms with Crippen molar-refractivity contribution in [1.82, 2.24) is 19.5 Å². The lowest BCUT2D eigenvalue weighted by atomic mass is 9.80. The molecule has 3 heterocycles. The Kier molecular flexibility index (Phi) is 9.03. The molecule has 6 aromatic rings. The summed E-state index contributed by atoms with van der Waals surface area (Å²) in [6.07, 6.45) is -2.17. The van der Waals surface area contributed by atoms with E-state index in [-0.39, 0.29) is 23.6 Å². The summed E-state index contributed by atoms with van der Waals surface area (Å²) in [4.78, 5) is 39.1. The first kappa shape index (κ1) is 32.6. The van der Waals surface area contributed by atoms with Crippen molar-refractivity contribution in [2.75, 3.05) is 26.1 Å². The summed E-state index contributed by atoms with van der Waals surface area (Å²) in [7, 11) is 3.17. The number of methoxy groups -OCH3 is 2. The average Bonchev–Trinajstić information content (AvgIpc) is 3.73. The minimum Gasteiger partial charge on any atom is -0.497 e. The summed E-state index contributed by atoms with van der Waals surface area (Å²) in [5, 5.41) is 2.73. The molecule has 0 bridgehead atoms. The van der Waals surface area contributed by atoms with Crippen molar-refractivity contribution >= 4 is 28.7 Å². The quantitative estimate of drug-likeness (QED) is 0.167. The van der Waals surface area contributed by atoms with Gasteiger partial charge in [-0.3, -0.25) is 14.2 Å². The van der Waals surface area contributed by atoms with Gasteiger partial charge < -0.3 is 24.3 Å². The number of imidazole rings is 1. The van der Waals surface area contributed by atoms with Crippen molar-refractivity contribution < 1.29 is 32.9 Å². The van der Waals surface area contributed by atoms with Crippen LogP contribution in [0.15, 0.2) is 122 Å². The summed E-state index contributed by atoms with van der Waals surface area (Å²) in [5.74, 6) is 0.261. The van der Waals surface area contributed by atoms with Gasteiger partial charge in [0.05, 0.1) is 27.2 Å². The second-order valence-corrected chi connectivity index (χ2v) is 11.5. The van der Waals surface area contributed by atoms with E-state index in [1.165, 1.54) is 17.2 Å². The molecule has 2 aromatic heterocycles. The Labute approximate surface area is 286 Å². The van der Waals surface area contributed by atoms with Crippen molar-refractivity contribution in [1.29, 1.82) is 0 Å². The number of benzene rings is 4. The van der Waals surface area contributed by atoms with Crippen LogP contribution in [0, 0.1) is 0 Å². The molecule has 0 aliphatic carbocycles. The molecule has 252 valence electrons. The van der Waals surface area contributed by atoms with E-state index in [0.29, 0.717) is 17.1 Å². The van der Waals surface area contributed by atoms with Crippen LogP contribution in [0.4, 0.5) is 10.2 Å². The molecule has 1 N–H and O–H groups in total. The molecule has 1 saturated heterocycles. The van der Waals surface area contributed by atoms with Crippen LogP contribution in [0.1, 0.15) is 33.3 Å². The number of hydrogen-bond acceptors (Lipinski definition) is 9. The molecule has 1 aliphatic heterocycles. The molecule has 1 fully saturated rings. The maximum Gasteiger partial charge on any atom is 0.256 e. The van der Waals surface area contributed by atoms with Crippen molar-refractivity contribution in [3.63, 3.8) is 0 Å². The third kappa shape index (κ3) is 5.95. The molecule has 7 rings (SSSR count). The number of Topliss-reactive ketones (excluding diaryl/α,β-unsaturated/α-hetero) is 1. The molecule has 0 radical (unpaired) electrons. The number of rotatable bonds is 11. The van der Waals surface area contributed by atoms with Crippen molar-refractivity contribution in [3.8, 4) is 11.5 Å². The Morgan fingerprint density at radius 3 is 2.00 bits per heavy atom. The number of carbonyl (C=O) groups excluding carboxylic acids is 2. The summed E-state index contributed by atoms with van der Waals surface area (Å²) in [6, 6.07) is 33.0. The predicted molar refractivity (Wildman–Crippen MR) is 182 cm³/mol. The zero-order valence-electron chi connectivity index (χ0n) is 27.1. The first-order valence-corrected chi connectivity index (χ1v) is 15.8. The number of ketones is 1. The van der Waals surface area contributed by atoms with E-state index in [1.54, 1.807) is 44.6 Å². The van der Waals surface area contributed by atoms with E-state index < -0.39 is 35.8 Å². The van der Waals surface area contributed by atoms with E-state index >= 15 is 4.39 Å². The number of amides is 1. The smallest absolute Gasteiger partial charge is 0.256 e. The van der Waals surface area contributed by atoms with Gasteiger partial charge in [0.1, 0.15) is 29.5 Å². The largest absolute Gasteiger partial charge is 0.497 e. The van der Waals surface area contributed by atoms with E-state index in [1.807, 2.05) is 78.9 Å². The van der Waals surface area contributed by atoms with Crippen molar-refractivity contribution in [2.24, 2.45) is 0 Å². The monoisotopic (exact) mass is 673 g/mol. The van der Waals surface area contributed by atoms with Crippen molar-refractivity contribution in [2.45, 2.75) is 24.1 Å². The van der Waals surface area contributed by atoms with Gasteiger partial charge in [0.15, 0.2) is 23.2 Å². The molecule has 12 heteroatoms. The SMILES string of the molecule is COc1ccc(C(OC[C@H]2O[C@@H](n3cnc4c(NC(=O)c5ccccc5)ncnc43)[C@@H](F)C2=O)(c2ccccc2)c2ccc(OC)cc2)cc1. The number of hydrogen-bond donors (Lipinski definition) is 1. The number of nitrogens with one attached hydrogen (secondary N) is 1. The highest BCUT2D eigenvalue weighted by molar-refractivity contribution is 6.06. The molecule has 1 amide bonds. The van der Waals surface area contributed by atoms with E-state index in [9.17, 15) is 9.59 Å². The van der Waals surface area contributed by atoms with Gasteiger partial charge in [0.25, 0.3) is 5.91 Å². The third-order valence-corrected chi connectivity index (χ3v) is 8.67. The van der Waals surface area contributed by atoms with Crippen LogP contribution < -0.4 is 14.8 Å². The standard InChI is InChI=1S/C38H32FN5O6/c1-47-28-17-13-26(14-18-28)38(25-11-7-4-8-12-25,27-15-19-29(48-2)20-16-27)49-21-30-33(45)31(39)37(50-30)44-23-42-32-34(40-22-41-35(32)44)43-36(46)24-9-5-3-6-10-24/h3-20,22-23,30-31,37H,21H2,1-2H3,(H,40,41,43,46)/t30-,31+,37-/m1/s1. The molecule has 50 heavy (non-hydrogen) atoms. The van der Waals surface area contributed by atoms with Crippen LogP contribution >= 0.6 is 0 Å². The molecular weight excluding hydrogens is 641 g/mol. The number of halogens is 1. The van der Waals surface area contributed by atoms with Gasteiger partial charge in [-0.2, -0.15) is 0 Å². The first-order valence-electron chi connectivity index (χ1n) is 15.8. The second kappa shape index (κ2) is 13.9. The fourth-order valence-corrected chi connectivity index (χ4v) is 6.12. The lowest BCUT2D eigenvalue weighted by Crippen LogP contribution is -2.37. The Morgan fingerprint density at radius 2 is 1.40 bits per heavy atom. The number of aromatic nitrogens is 4. The molecule has 0 unspecified atom stereocenters. The summed E-state index contributed by atoms with van der Waals surface area (Å²) < 4.78 is 40.9. The van der Waals surface area contributed by atoms with Crippen LogP contribution in [0.3, 0.4) is 0 Å². The van der Waals surface area contributed by atoms with E-state index in [0.717, 1.165) is 16.7 Å². The van der Waals surface area contributed by atoms with E-state index in [2.05, 4.69) is 20.3 Å².